The summed E-state index contributed by atoms with van der Waals surface area (Å²) >= 11 is 0. The van der Waals surface area contributed by atoms with Crippen LogP contribution in [0.25, 0.3) is 6.08 Å². The first-order valence-electron chi connectivity index (χ1n) is 11.9. The van der Waals surface area contributed by atoms with Crippen LogP contribution in [0, 0.1) is 12.7 Å². The molecule has 0 aliphatic carbocycles. The molecule has 0 aromatic heterocycles. The van der Waals surface area contributed by atoms with Crippen molar-refractivity contribution in [2.45, 2.75) is 13.5 Å². The molecule has 0 amide bonds. The number of hydrogen-bond donors (Lipinski definition) is 1. The molecule has 1 saturated heterocycles. The molecule has 0 saturated carbocycles. The summed E-state index contributed by atoms with van der Waals surface area (Å²) in [6, 6.07) is 13.6. The third-order valence-electron chi connectivity index (χ3n) is 6.86. The molecule has 36 heavy (non-hydrogen) atoms. The molecule has 3 aliphatic rings. The lowest BCUT2D eigenvalue weighted by atomic mass is 9.99. The van der Waals surface area contributed by atoms with Gasteiger partial charge in [-0.05, 0) is 66.6 Å². The minimum absolute atomic E-state index is 0.115. The molecule has 1 fully saturated rings. The zero-order valence-corrected chi connectivity index (χ0v) is 19.8. The van der Waals surface area contributed by atoms with Crippen LogP contribution in [0.2, 0.25) is 0 Å². The fraction of sp³-hybridized carbons (Fsp3) is 0.250. The molecule has 3 heterocycles. The van der Waals surface area contributed by atoms with Crippen LogP contribution in [-0.2, 0) is 6.54 Å². The van der Waals surface area contributed by atoms with Crippen LogP contribution in [0.3, 0.4) is 0 Å². The number of nitrogens with zero attached hydrogens (tertiary/aromatic N) is 2. The molecule has 184 valence electrons. The summed E-state index contributed by atoms with van der Waals surface area (Å²) in [4.78, 5) is 17.7. The standard InChI is InChI=1S/C28H25FN2O5/c1-17-12-22(32)21(15-30-8-10-31(11-9-30)20-5-3-19(29)4-6-20)28-26(17)27(33)25(36-28)14-18-2-7-23-24(13-18)35-16-34-23/h2-7,12-14,32H,8-11,15-16H2,1H3/b25-14-. The van der Waals surface area contributed by atoms with Crippen molar-refractivity contribution in [1.82, 2.24) is 4.90 Å². The highest BCUT2D eigenvalue weighted by Gasteiger charge is 2.34. The average molecular weight is 489 g/mol. The van der Waals surface area contributed by atoms with E-state index in [4.69, 9.17) is 14.2 Å². The van der Waals surface area contributed by atoms with Gasteiger partial charge in [0.15, 0.2) is 17.3 Å². The number of benzene rings is 3. The van der Waals surface area contributed by atoms with Gasteiger partial charge in [0, 0.05) is 38.4 Å². The predicted molar refractivity (Wildman–Crippen MR) is 132 cm³/mol. The van der Waals surface area contributed by atoms with E-state index < -0.39 is 0 Å². The minimum atomic E-state index is -0.248. The number of rotatable bonds is 4. The number of phenolic OH excluding ortho intramolecular Hbond substituents is 1. The third kappa shape index (κ3) is 4.03. The quantitative estimate of drug-likeness (QED) is 0.542. The summed E-state index contributed by atoms with van der Waals surface area (Å²) in [6.45, 7) is 5.49. The van der Waals surface area contributed by atoms with Crippen LogP contribution in [0.1, 0.15) is 27.0 Å². The number of Topliss-reactive ketones (excluding diaryl/α,β-unsaturated/α-hetero) is 1. The van der Waals surface area contributed by atoms with Gasteiger partial charge in [-0.3, -0.25) is 9.69 Å². The fourth-order valence-corrected chi connectivity index (χ4v) is 4.93. The van der Waals surface area contributed by atoms with Crippen molar-refractivity contribution in [3.8, 4) is 23.0 Å². The van der Waals surface area contributed by atoms with Crippen LogP contribution in [-0.4, -0.2) is 48.8 Å². The fourth-order valence-electron chi connectivity index (χ4n) is 4.93. The summed E-state index contributed by atoms with van der Waals surface area (Å²) in [5.41, 5.74) is 3.51. The van der Waals surface area contributed by atoms with Crippen molar-refractivity contribution in [2.24, 2.45) is 0 Å². The molecule has 0 spiro atoms. The number of piperazine rings is 1. The Bertz CT molecular complexity index is 1380. The van der Waals surface area contributed by atoms with Gasteiger partial charge in [0.1, 0.15) is 17.3 Å². The number of aryl methyl sites for hydroxylation is 1. The number of phenols is 1. The first kappa shape index (κ1) is 22.4. The number of ketones is 1. The largest absolute Gasteiger partial charge is 0.507 e. The van der Waals surface area contributed by atoms with Crippen molar-refractivity contribution in [3.05, 3.63) is 82.4 Å². The van der Waals surface area contributed by atoms with Gasteiger partial charge < -0.3 is 24.2 Å². The van der Waals surface area contributed by atoms with Crippen LogP contribution in [0.4, 0.5) is 10.1 Å². The summed E-state index contributed by atoms with van der Waals surface area (Å²) in [7, 11) is 0. The normalized spacial score (nSPS) is 18.0. The number of carbonyl (C=O) groups is 1. The van der Waals surface area contributed by atoms with E-state index in [0.717, 1.165) is 37.4 Å². The second-order valence-electron chi connectivity index (χ2n) is 9.19. The Labute approximate surface area is 207 Å². The number of allylic oxidation sites excluding steroid dienone is 1. The molecule has 0 bridgehead atoms. The Morgan fingerprint density at radius 1 is 1.00 bits per heavy atom. The van der Waals surface area contributed by atoms with E-state index in [2.05, 4.69) is 9.80 Å². The number of fused-ring (bicyclic) bond motifs is 2. The Morgan fingerprint density at radius 2 is 1.75 bits per heavy atom. The SMILES string of the molecule is Cc1cc(O)c(CN2CCN(c3ccc(F)cc3)CC2)c2c1C(=O)/C(=C/c1ccc3c(c1)OCO3)O2. The zero-order chi connectivity index (χ0) is 24.8. The van der Waals surface area contributed by atoms with Gasteiger partial charge >= 0.3 is 0 Å². The average Bonchev–Trinajstić information content (AvgIpc) is 3.47. The van der Waals surface area contributed by atoms with Crippen molar-refractivity contribution in [2.75, 3.05) is 37.9 Å². The van der Waals surface area contributed by atoms with E-state index in [1.54, 1.807) is 43.3 Å². The van der Waals surface area contributed by atoms with E-state index in [1.165, 1.54) is 12.1 Å². The lowest BCUT2D eigenvalue weighted by Gasteiger charge is -2.36. The summed E-state index contributed by atoms with van der Waals surface area (Å²) in [5, 5.41) is 10.8. The van der Waals surface area contributed by atoms with Gasteiger partial charge in [-0.1, -0.05) is 6.07 Å². The Hall–Kier alpha value is -4.04. The zero-order valence-electron chi connectivity index (χ0n) is 19.8. The van der Waals surface area contributed by atoms with E-state index in [-0.39, 0.29) is 29.9 Å². The molecule has 1 N–H and O–H groups in total. The molecule has 0 unspecified atom stereocenters. The lowest BCUT2D eigenvalue weighted by molar-refractivity contribution is 0.101. The van der Waals surface area contributed by atoms with Gasteiger partial charge in [-0.25, -0.2) is 4.39 Å². The van der Waals surface area contributed by atoms with Crippen LogP contribution in [0.15, 0.2) is 54.3 Å². The van der Waals surface area contributed by atoms with Crippen molar-refractivity contribution in [1.29, 1.82) is 0 Å². The van der Waals surface area contributed by atoms with Gasteiger partial charge in [-0.2, -0.15) is 0 Å². The van der Waals surface area contributed by atoms with Crippen LogP contribution < -0.4 is 19.1 Å². The molecule has 3 aliphatic heterocycles. The van der Waals surface area contributed by atoms with Gasteiger partial charge in [0.2, 0.25) is 12.6 Å². The van der Waals surface area contributed by atoms with Crippen LogP contribution >= 0.6 is 0 Å². The highest BCUT2D eigenvalue weighted by atomic mass is 19.1. The van der Waals surface area contributed by atoms with E-state index >= 15 is 0 Å². The van der Waals surface area contributed by atoms with Crippen molar-refractivity contribution < 1.29 is 28.5 Å². The maximum atomic E-state index is 13.3. The summed E-state index contributed by atoms with van der Waals surface area (Å²) in [5.74, 6) is 1.59. The number of anilines is 1. The first-order chi connectivity index (χ1) is 17.5. The van der Waals surface area contributed by atoms with Gasteiger partial charge in [-0.15, -0.1) is 0 Å². The number of ether oxygens (including phenoxy) is 3. The second kappa shape index (κ2) is 8.87. The van der Waals surface area contributed by atoms with E-state index in [1.807, 2.05) is 6.07 Å². The summed E-state index contributed by atoms with van der Waals surface area (Å²) < 4.78 is 30.1. The predicted octanol–water partition coefficient (Wildman–Crippen LogP) is 4.51. The maximum Gasteiger partial charge on any atom is 0.232 e. The molecule has 8 heteroatoms. The lowest BCUT2D eigenvalue weighted by Crippen LogP contribution is -2.46. The first-order valence-corrected chi connectivity index (χ1v) is 11.9. The Morgan fingerprint density at radius 3 is 2.53 bits per heavy atom. The van der Waals surface area contributed by atoms with Crippen molar-refractivity contribution >= 4 is 17.5 Å². The Kier molecular flexibility index (Phi) is 5.53. The monoisotopic (exact) mass is 488 g/mol. The number of hydrogen-bond acceptors (Lipinski definition) is 7. The highest BCUT2D eigenvalue weighted by molar-refractivity contribution is 6.15. The molecular formula is C28H25FN2O5. The van der Waals surface area contributed by atoms with Gasteiger partial charge in [0.25, 0.3) is 0 Å². The molecular weight excluding hydrogens is 463 g/mol. The third-order valence-corrected chi connectivity index (χ3v) is 6.86. The van der Waals surface area contributed by atoms with E-state index in [9.17, 15) is 14.3 Å². The molecule has 0 radical (unpaired) electrons. The topological polar surface area (TPSA) is 71.5 Å². The molecule has 6 rings (SSSR count). The van der Waals surface area contributed by atoms with Gasteiger partial charge in [0.05, 0.1) is 11.1 Å². The summed E-state index contributed by atoms with van der Waals surface area (Å²) in [6.07, 6.45) is 1.69. The van der Waals surface area contributed by atoms with Crippen molar-refractivity contribution in [3.63, 3.8) is 0 Å². The minimum Gasteiger partial charge on any atom is -0.507 e. The molecule has 0 atom stereocenters. The molecule has 3 aromatic rings. The molecule has 3 aromatic carbocycles. The van der Waals surface area contributed by atoms with E-state index in [0.29, 0.717) is 40.5 Å². The smallest absolute Gasteiger partial charge is 0.232 e. The highest BCUT2D eigenvalue weighted by Crippen LogP contribution is 2.43. The molecule has 7 nitrogen and oxygen atoms in total. The maximum absolute atomic E-state index is 13.3. The number of carbonyl (C=O) groups excluding carboxylic acids is 1. The van der Waals surface area contributed by atoms with Crippen LogP contribution in [0.5, 0.6) is 23.0 Å². The second-order valence-corrected chi connectivity index (χ2v) is 9.19. The number of halogens is 1. The Balaban J connectivity index is 1.22. The number of aromatic hydroxyl groups is 1.